The molecule has 0 bridgehead atoms. The number of aryl methyl sites for hydroxylation is 1. The van der Waals surface area contributed by atoms with Gasteiger partial charge in [0, 0.05) is 30.1 Å². The number of hydrogen-bond donors (Lipinski definition) is 1. The Labute approximate surface area is 212 Å². The van der Waals surface area contributed by atoms with Crippen LogP contribution in [0.5, 0.6) is 0 Å². The molecule has 1 aromatic carbocycles. The molecule has 1 unspecified atom stereocenters. The maximum atomic E-state index is 13.9. The summed E-state index contributed by atoms with van der Waals surface area (Å²) in [4.78, 5) is 28.5. The SMILES string of the molecule is C#Cc1cc(-c2nc(C(=O)OCC)c(C)s2)c(F)cc1F.CC.CC.CC.CN1CCC(O)C1=O. The molecule has 0 spiro atoms. The first-order valence-corrected chi connectivity index (χ1v) is 12.5. The van der Waals surface area contributed by atoms with Crippen molar-refractivity contribution in [3.8, 4) is 22.9 Å². The van der Waals surface area contributed by atoms with Crippen molar-refractivity contribution in [1.82, 2.24) is 9.88 Å². The fourth-order valence-electron chi connectivity index (χ4n) is 2.53. The Kier molecular flexibility index (Phi) is 18.1. The smallest absolute Gasteiger partial charge is 0.358 e. The van der Waals surface area contributed by atoms with E-state index in [-0.39, 0.29) is 34.3 Å². The standard InChI is InChI=1S/C15H11F2NO2S.C5H9NO2.3C2H6/c1-4-9-6-10(12(17)7-11(9)16)14-18-13(8(3)21-14)15(19)20-5-2;1-6-3-2-4(7)5(6)8;3*1-2/h1,6-7H,5H2,2-3H3;4,7H,2-3H2,1H3;3*1-2H3. The normalized spacial score (nSPS) is 13.4. The van der Waals surface area contributed by atoms with Crippen LogP contribution in [-0.4, -0.2) is 53.2 Å². The lowest BCUT2D eigenvalue weighted by Crippen LogP contribution is -2.24. The van der Waals surface area contributed by atoms with Gasteiger partial charge in [-0.05, 0) is 26.3 Å². The van der Waals surface area contributed by atoms with Crippen LogP contribution in [0, 0.1) is 30.9 Å². The van der Waals surface area contributed by atoms with Crippen LogP contribution in [0.1, 0.15) is 75.8 Å². The molecule has 2 heterocycles. The third-order valence-electron chi connectivity index (χ3n) is 4.11. The van der Waals surface area contributed by atoms with Gasteiger partial charge in [-0.2, -0.15) is 0 Å². The molecule has 1 saturated heterocycles. The highest BCUT2D eigenvalue weighted by molar-refractivity contribution is 7.15. The highest BCUT2D eigenvalue weighted by Gasteiger charge is 2.26. The number of amides is 1. The number of thiazole rings is 1. The number of carbonyl (C=O) groups is 2. The molecule has 0 saturated carbocycles. The van der Waals surface area contributed by atoms with Crippen molar-refractivity contribution in [1.29, 1.82) is 0 Å². The number of ether oxygens (including phenoxy) is 1. The van der Waals surface area contributed by atoms with Crippen LogP contribution >= 0.6 is 11.3 Å². The van der Waals surface area contributed by atoms with E-state index in [1.54, 1.807) is 20.9 Å². The summed E-state index contributed by atoms with van der Waals surface area (Å²) in [5.74, 6) is -0.169. The van der Waals surface area contributed by atoms with Crippen molar-refractivity contribution >= 4 is 23.2 Å². The number of esters is 1. The molecule has 0 radical (unpaired) electrons. The highest BCUT2D eigenvalue weighted by Crippen LogP contribution is 2.31. The Balaban J connectivity index is 0. The third-order valence-corrected chi connectivity index (χ3v) is 5.11. The summed E-state index contributed by atoms with van der Waals surface area (Å²) in [6, 6.07) is 1.92. The molecule has 1 atom stereocenters. The van der Waals surface area contributed by atoms with Gasteiger partial charge in [0.05, 0.1) is 12.2 Å². The molecular formula is C26H38F2N2O4S. The zero-order valence-electron chi connectivity index (χ0n) is 22.2. The van der Waals surface area contributed by atoms with Gasteiger partial charge in [-0.3, -0.25) is 4.79 Å². The first kappa shape index (κ1) is 34.3. The van der Waals surface area contributed by atoms with E-state index in [9.17, 15) is 18.4 Å². The van der Waals surface area contributed by atoms with Crippen LogP contribution in [0.4, 0.5) is 8.78 Å². The second-order valence-electron chi connectivity index (χ2n) is 6.16. The number of aliphatic hydroxyl groups excluding tert-OH is 1. The van der Waals surface area contributed by atoms with Crippen LogP contribution in [0.2, 0.25) is 0 Å². The van der Waals surface area contributed by atoms with Crippen LogP contribution < -0.4 is 0 Å². The number of terminal acetylenes is 1. The van der Waals surface area contributed by atoms with Crippen molar-refractivity contribution in [3.05, 3.63) is 39.9 Å². The topological polar surface area (TPSA) is 79.7 Å². The fraction of sp³-hybridized carbons (Fsp3) is 0.500. The number of carbonyl (C=O) groups excluding carboxylic acids is 2. The first-order chi connectivity index (χ1) is 16.7. The molecule has 1 amide bonds. The second-order valence-corrected chi connectivity index (χ2v) is 7.37. The predicted octanol–water partition coefficient (Wildman–Crippen LogP) is 5.84. The number of likely N-dealkylation sites (tertiary alicyclic amines) is 1. The van der Waals surface area contributed by atoms with E-state index in [1.807, 2.05) is 41.5 Å². The Morgan fingerprint density at radius 2 is 1.80 bits per heavy atom. The minimum Gasteiger partial charge on any atom is -0.461 e. The fourth-order valence-corrected chi connectivity index (χ4v) is 3.45. The number of rotatable bonds is 3. The molecule has 196 valence electrons. The molecule has 2 aromatic rings. The zero-order chi connectivity index (χ0) is 27.7. The average molecular weight is 513 g/mol. The van der Waals surface area contributed by atoms with E-state index in [0.717, 1.165) is 11.3 Å². The van der Waals surface area contributed by atoms with E-state index in [2.05, 4.69) is 10.9 Å². The van der Waals surface area contributed by atoms with Crippen molar-refractivity contribution in [3.63, 3.8) is 0 Å². The number of benzene rings is 1. The molecule has 1 aliphatic heterocycles. The molecule has 3 rings (SSSR count). The lowest BCUT2D eigenvalue weighted by Gasteiger charge is -2.04. The zero-order valence-corrected chi connectivity index (χ0v) is 23.0. The summed E-state index contributed by atoms with van der Waals surface area (Å²) in [6.45, 7) is 16.3. The first-order valence-electron chi connectivity index (χ1n) is 11.7. The van der Waals surface area contributed by atoms with Crippen molar-refractivity contribution in [2.75, 3.05) is 20.2 Å². The maximum Gasteiger partial charge on any atom is 0.358 e. The monoisotopic (exact) mass is 512 g/mol. The minimum absolute atomic E-state index is 0.0584. The second kappa shape index (κ2) is 18.5. The predicted molar refractivity (Wildman–Crippen MR) is 138 cm³/mol. The van der Waals surface area contributed by atoms with Crippen molar-refractivity contribution in [2.45, 2.75) is 67.9 Å². The Morgan fingerprint density at radius 3 is 2.20 bits per heavy atom. The molecule has 1 aromatic heterocycles. The van der Waals surface area contributed by atoms with E-state index >= 15 is 0 Å². The largest absolute Gasteiger partial charge is 0.461 e. The molecule has 1 fully saturated rings. The van der Waals surface area contributed by atoms with Gasteiger partial charge in [0.15, 0.2) is 5.69 Å². The number of hydrogen-bond acceptors (Lipinski definition) is 6. The van der Waals surface area contributed by atoms with Crippen LogP contribution in [0.15, 0.2) is 12.1 Å². The van der Waals surface area contributed by atoms with E-state index in [0.29, 0.717) is 23.9 Å². The molecule has 1 aliphatic rings. The Hall–Kier alpha value is -2.83. The van der Waals surface area contributed by atoms with Gasteiger partial charge in [-0.15, -0.1) is 17.8 Å². The number of likely N-dealkylation sites (N-methyl/N-ethyl adjacent to an activating group) is 1. The quantitative estimate of drug-likeness (QED) is 0.413. The van der Waals surface area contributed by atoms with Gasteiger partial charge in [0.1, 0.15) is 22.7 Å². The molecule has 1 N–H and O–H groups in total. The van der Waals surface area contributed by atoms with Crippen LogP contribution in [-0.2, 0) is 9.53 Å². The average Bonchev–Trinajstić information content (AvgIpc) is 3.40. The number of aliphatic hydroxyl groups is 1. The van der Waals surface area contributed by atoms with Crippen molar-refractivity contribution < 1.29 is 28.2 Å². The van der Waals surface area contributed by atoms with Gasteiger partial charge < -0.3 is 14.7 Å². The van der Waals surface area contributed by atoms with Gasteiger partial charge in [-0.1, -0.05) is 47.5 Å². The van der Waals surface area contributed by atoms with Gasteiger partial charge in [-0.25, -0.2) is 18.6 Å². The van der Waals surface area contributed by atoms with Crippen molar-refractivity contribution in [2.24, 2.45) is 0 Å². The Morgan fingerprint density at radius 1 is 1.23 bits per heavy atom. The maximum absolute atomic E-state index is 13.9. The summed E-state index contributed by atoms with van der Waals surface area (Å²) in [7, 11) is 1.69. The van der Waals surface area contributed by atoms with Crippen LogP contribution in [0.3, 0.4) is 0 Å². The third kappa shape index (κ3) is 10.1. The lowest BCUT2D eigenvalue weighted by atomic mass is 10.1. The number of aromatic nitrogens is 1. The van der Waals surface area contributed by atoms with Gasteiger partial charge in [0.25, 0.3) is 5.91 Å². The summed E-state index contributed by atoms with van der Waals surface area (Å²) in [6.07, 6.45) is 5.04. The Bertz CT molecular complexity index is 959. The molecular weight excluding hydrogens is 474 g/mol. The molecule has 9 heteroatoms. The van der Waals surface area contributed by atoms with E-state index in [1.165, 1.54) is 11.0 Å². The summed E-state index contributed by atoms with van der Waals surface area (Å²) in [5, 5.41) is 9.03. The number of halogens is 2. The molecule has 0 aliphatic carbocycles. The van der Waals surface area contributed by atoms with E-state index < -0.39 is 23.7 Å². The highest BCUT2D eigenvalue weighted by atomic mass is 32.1. The van der Waals surface area contributed by atoms with E-state index in [4.69, 9.17) is 16.3 Å². The van der Waals surface area contributed by atoms with Gasteiger partial charge >= 0.3 is 5.97 Å². The number of nitrogens with zero attached hydrogens (tertiary/aromatic N) is 2. The molecule has 35 heavy (non-hydrogen) atoms. The minimum atomic E-state index is -0.808. The summed E-state index contributed by atoms with van der Waals surface area (Å²) >= 11 is 1.12. The summed E-state index contributed by atoms with van der Waals surface area (Å²) < 4.78 is 32.1. The molecule has 6 nitrogen and oxygen atoms in total. The van der Waals surface area contributed by atoms with Gasteiger partial charge in [0.2, 0.25) is 0 Å². The van der Waals surface area contributed by atoms with Crippen LogP contribution in [0.25, 0.3) is 10.6 Å². The lowest BCUT2D eigenvalue weighted by molar-refractivity contribution is -0.133. The summed E-state index contributed by atoms with van der Waals surface area (Å²) in [5.41, 5.74) is 0.132.